The Morgan fingerprint density at radius 3 is 2.43 bits per heavy atom. The second-order valence-electron chi connectivity index (χ2n) is 6.65. The first-order valence-corrected chi connectivity index (χ1v) is 7.37. The molecule has 0 unspecified atom stereocenters. The van der Waals surface area contributed by atoms with Crippen LogP contribution in [-0.4, -0.2) is 17.5 Å². The quantitative estimate of drug-likeness (QED) is 0.880. The lowest BCUT2D eigenvalue weighted by molar-refractivity contribution is 0.278. The van der Waals surface area contributed by atoms with Crippen LogP contribution < -0.4 is 5.32 Å². The van der Waals surface area contributed by atoms with Gasteiger partial charge in [0.15, 0.2) is 0 Å². The van der Waals surface area contributed by atoms with E-state index >= 15 is 0 Å². The molecule has 0 aromatic carbocycles. The molecule has 0 aliphatic rings. The van der Waals surface area contributed by atoms with Crippen molar-refractivity contribution in [3.63, 3.8) is 0 Å². The van der Waals surface area contributed by atoms with E-state index in [0.717, 1.165) is 36.9 Å². The maximum Gasteiger partial charge on any atom is 0.118 e. The fourth-order valence-corrected chi connectivity index (χ4v) is 2.14. The van der Waals surface area contributed by atoms with Crippen molar-refractivity contribution in [1.82, 2.24) is 10.2 Å². The summed E-state index contributed by atoms with van der Waals surface area (Å²) in [5.74, 6) is 2.95. The molecule has 116 valence electrons. The minimum Gasteiger partial charge on any atom is -0.469 e. The van der Waals surface area contributed by atoms with E-state index < -0.39 is 0 Å². The van der Waals surface area contributed by atoms with Crippen LogP contribution >= 0.6 is 0 Å². The highest BCUT2D eigenvalue weighted by atomic mass is 16.3. The molecule has 2 rings (SSSR count). The van der Waals surface area contributed by atoms with Gasteiger partial charge in [-0.25, -0.2) is 0 Å². The topological polar surface area (TPSA) is 41.6 Å². The largest absolute Gasteiger partial charge is 0.469 e. The third-order valence-electron chi connectivity index (χ3n) is 3.34. The fraction of sp³-hybridized carbons (Fsp3) is 0.529. The number of rotatable bonds is 6. The van der Waals surface area contributed by atoms with Crippen LogP contribution in [-0.2, 0) is 19.6 Å². The van der Waals surface area contributed by atoms with Crippen LogP contribution in [0.1, 0.15) is 43.6 Å². The summed E-state index contributed by atoms with van der Waals surface area (Å²) in [6.07, 6.45) is 1.74. The average Bonchev–Trinajstić information content (AvgIpc) is 2.96. The van der Waals surface area contributed by atoms with E-state index in [4.69, 9.17) is 8.83 Å². The molecule has 0 saturated carbocycles. The molecule has 0 aliphatic heterocycles. The molecular weight excluding hydrogens is 264 g/mol. The second kappa shape index (κ2) is 6.50. The normalized spacial score (nSPS) is 12.3. The molecule has 0 bridgehead atoms. The molecule has 1 N–H and O–H groups in total. The number of nitrogens with zero attached hydrogens (tertiary/aromatic N) is 1. The first kappa shape index (κ1) is 15.9. The minimum atomic E-state index is 0.0998. The van der Waals surface area contributed by atoms with Gasteiger partial charge in [-0.05, 0) is 52.9 Å². The van der Waals surface area contributed by atoms with Crippen molar-refractivity contribution in [1.29, 1.82) is 0 Å². The Morgan fingerprint density at radius 2 is 1.81 bits per heavy atom. The molecular formula is C17H26N2O2. The van der Waals surface area contributed by atoms with Gasteiger partial charge >= 0.3 is 0 Å². The van der Waals surface area contributed by atoms with E-state index in [1.807, 2.05) is 19.1 Å². The molecule has 0 amide bonds. The summed E-state index contributed by atoms with van der Waals surface area (Å²) in [6.45, 7) is 10.9. The highest BCUT2D eigenvalue weighted by Crippen LogP contribution is 2.15. The van der Waals surface area contributed by atoms with Crippen LogP contribution in [0.5, 0.6) is 0 Å². The number of furan rings is 2. The number of hydrogen-bond acceptors (Lipinski definition) is 4. The first-order valence-electron chi connectivity index (χ1n) is 7.37. The lowest BCUT2D eigenvalue weighted by Crippen LogP contribution is -2.34. The summed E-state index contributed by atoms with van der Waals surface area (Å²) < 4.78 is 11.2. The third kappa shape index (κ3) is 5.06. The predicted molar refractivity (Wildman–Crippen MR) is 83.9 cm³/mol. The summed E-state index contributed by atoms with van der Waals surface area (Å²) in [5, 5.41) is 3.43. The maximum atomic E-state index is 5.87. The lowest BCUT2D eigenvalue weighted by Gasteiger charge is -2.19. The Morgan fingerprint density at radius 1 is 1.10 bits per heavy atom. The Kier molecular flexibility index (Phi) is 4.91. The zero-order valence-electron chi connectivity index (χ0n) is 13.7. The Hall–Kier alpha value is -1.52. The van der Waals surface area contributed by atoms with E-state index in [9.17, 15) is 0 Å². The van der Waals surface area contributed by atoms with Gasteiger partial charge in [0.1, 0.15) is 17.3 Å². The van der Waals surface area contributed by atoms with Crippen molar-refractivity contribution in [2.45, 2.75) is 52.9 Å². The van der Waals surface area contributed by atoms with E-state index in [1.165, 1.54) is 5.56 Å². The van der Waals surface area contributed by atoms with Crippen LogP contribution in [0.3, 0.4) is 0 Å². The van der Waals surface area contributed by atoms with Crippen molar-refractivity contribution >= 4 is 0 Å². The number of nitrogens with one attached hydrogen (secondary N) is 1. The average molecular weight is 290 g/mol. The summed E-state index contributed by atoms with van der Waals surface area (Å²) in [5.41, 5.74) is 1.32. The SMILES string of the molecule is Cc1occc1CN(C)Cc1ccc(CNC(C)(C)C)o1. The zero-order valence-corrected chi connectivity index (χ0v) is 13.7. The highest BCUT2D eigenvalue weighted by molar-refractivity contribution is 5.15. The van der Waals surface area contributed by atoms with Gasteiger partial charge < -0.3 is 14.2 Å². The number of aryl methyl sites for hydroxylation is 1. The van der Waals surface area contributed by atoms with Crippen molar-refractivity contribution in [3.8, 4) is 0 Å². The predicted octanol–water partition coefficient (Wildman–Crippen LogP) is 3.70. The molecule has 2 aromatic heterocycles. The molecule has 21 heavy (non-hydrogen) atoms. The van der Waals surface area contributed by atoms with Crippen molar-refractivity contribution < 1.29 is 8.83 Å². The molecule has 0 aliphatic carbocycles. The van der Waals surface area contributed by atoms with Crippen molar-refractivity contribution in [2.24, 2.45) is 0 Å². The molecule has 4 heteroatoms. The molecule has 2 heterocycles. The molecule has 4 nitrogen and oxygen atoms in total. The molecule has 2 aromatic rings. The fourth-order valence-electron chi connectivity index (χ4n) is 2.14. The van der Waals surface area contributed by atoms with Crippen molar-refractivity contribution in [3.05, 3.63) is 47.3 Å². The summed E-state index contributed by atoms with van der Waals surface area (Å²) in [4.78, 5) is 2.22. The third-order valence-corrected chi connectivity index (χ3v) is 3.34. The molecule has 0 atom stereocenters. The van der Waals surface area contributed by atoms with Gasteiger partial charge in [-0.2, -0.15) is 0 Å². The molecule has 0 saturated heterocycles. The first-order chi connectivity index (χ1) is 9.83. The Labute approximate surface area is 127 Å². The zero-order chi connectivity index (χ0) is 15.5. The minimum absolute atomic E-state index is 0.0998. The Balaban J connectivity index is 1.86. The summed E-state index contributed by atoms with van der Waals surface area (Å²) in [7, 11) is 2.09. The van der Waals surface area contributed by atoms with E-state index in [-0.39, 0.29) is 5.54 Å². The number of hydrogen-bond donors (Lipinski definition) is 1. The second-order valence-corrected chi connectivity index (χ2v) is 6.65. The molecule has 0 fully saturated rings. The monoisotopic (exact) mass is 290 g/mol. The van der Waals surface area contributed by atoms with E-state index in [1.54, 1.807) is 6.26 Å². The smallest absolute Gasteiger partial charge is 0.118 e. The van der Waals surface area contributed by atoms with Gasteiger partial charge in [-0.3, -0.25) is 4.90 Å². The van der Waals surface area contributed by atoms with Crippen molar-refractivity contribution in [2.75, 3.05) is 7.05 Å². The van der Waals surface area contributed by atoms with Gasteiger partial charge in [-0.15, -0.1) is 0 Å². The van der Waals surface area contributed by atoms with Gasteiger partial charge in [0, 0.05) is 17.6 Å². The van der Waals surface area contributed by atoms with Gasteiger partial charge in [-0.1, -0.05) is 0 Å². The molecule has 0 spiro atoms. The van der Waals surface area contributed by atoms with Gasteiger partial charge in [0.25, 0.3) is 0 Å². The summed E-state index contributed by atoms with van der Waals surface area (Å²) in [6, 6.07) is 6.12. The van der Waals surface area contributed by atoms with Crippen LogP contribution in [0.25, 0.3) is 0 Å². The lowest BCUT2D eigenvalue weighted by atomic mass is 10.1. The standard InChI is InChI=1S/C17H26N2O2/c1-13-14(8-9-20-13)11-19(5)12-16-7-6-15(21-16)10-18-17(2,3)4/h6-9,18H,10-12H2,1-5H3. The summed E-state index contributed by atoms with van der Waals surface area (Å²) >= 11 is 0. The van der Waals surface area contributed by atoms with Gasteiger partial charge in [0.05, 0.1) is 19.4 Å². The van der Waals surface area contributed by atoms with Crippen LogP contribution in [0.15, 0.2) is 33.3 Å². The molecule has 0 radical (unpaired) electrons. The Bertz CT molecular complexity index is 563. The van der Waals surface area contributed by atoms with E-state index in [2.05, 4.69) is 44.1 Å². The van der Waals surface area contributed by atoms with Gasteiger partial charge in [0.2, 0.25) is 0 Å². The van der Waals surface area contributed by atoms with Crippen LogP contribution in [0, 0.1) is 6.92 Å². The van der Waals surface area contributed by atoms with Crippen LogP contribution in [0.4, 0.5) is 0 Å². The van der Waals surface area contributed by atoms with Crippen LogP contribution in [0.2, 0.25) is 0 Å². The van der Waals surface area contributed by atoms with E-state index in [0.29, 0.717) is 0 Å². The highest BCUT2D eigenvalue weighted by Gasteiger charge is 2.12. The maximum absolute atomic E-state index is 5.87.